The van der Waals surface area contributed by atoms with Crippen LogP contribution >= 0.6 is 11.8 Å². The number of anilines is 1. The van der Waals surface area contributed by atoms with E-state index in [0.717, 1.165) is 23.1 Å². The van der Waals surface area contributed by atoms with E-state index < -0.39 is 16.1 Å². The molecular weight excluding hydrogens is 392 g/mol. The SMILES string of the molecule is CCc1ccc(N([C@@H](C)C(=O)NCCSc2ccc(C)cc2)S(C)(=O)=O)cc1. The van der Waals surface area contributed by atoms with Crippen LogP contribution in [0.1, 0.15) is 25.0 Å². The zero-order chi connectivity index (χ0) is 20.7. The van der Waals surface area contributed by atoms with Gasteiger partial charge in [0.15, 0.2) is 0 Å². The molecule has 1 N–H and O–H groups in total. The highest BCUT2D eigenvalue weighted by Crippen LogP contribution is 2.22. The first-order chi connectivity index (χ1) is 13.2. The summed E-state index contributed by atoms with van der Waals surface area (Å²) in [7, 11) is -3.59. The number of benzene rings is 2. The van der Waals surface area contributed by atoms with Crippen LogP contribution in [0, 0.1) is 6.92 Å². The van der Waals surface area contributed by atoms with Gasteiger partial charge in [0.05, 0.1) is 11.9 Å². The molecule has 0 bridgehead atoms. The number of aryl methyl sites for hydroxylation is 2. The van der Waals surface area contributed by atoms with Gasteiger partial charge in [-0.05, 0) is 50.1 Å². The van der Waals surface area contributed by atoms with Crippen LogP contribution in [-0.4, -0.2) is 38.9 Å². The lowest BCUT2D eigenvalue weighted by molar-refractivity contribution is -0.121. The second kappa shape index (κ2) is 9.98. The van der Waals surface area contributed by atoms with Gasteiger partial charge in [0.25, 0.3) is 0 Å². The average molecular weight is 421 g/mol. The van der Waals surface area contributed by atoms with Crippen LogP contribution in [0.5, 0.6) is 0 Å². The lowest BCUT2D eigenvalue weighted by Gasteiger charge is -2.28. The predicted octanol–water partition coefficient (Wildman–Crippen LogP) is 3.62. The Morgan fingerprint density at radius 2 is 1.71 bits per heavy atom. The van der Waals surface area contributed by atoms with E-state index in [9.17, 15) is 13.2 Å². The van der Waals surface area contributed by atoms with Crippen LogP contribution in [0.2, 0.25) is 0 Å². The molecular formula is C21H28N2O3S2. The molecule has 152 valence electrons. The topological polar surface area (TPSA) is 66.5 Å². The number of hydrogen-bond donors (Lipinski definition) is 1. The van der Waals surface area contributed by atoms with Crippen molar-refractivity contribution in [3.8, 4) is 0 Å². The molecule has 7 heteroatoms. The van der Waals surface area contributed by atoms with E-state index in [4.69, 9.17) is 0 Å². The van der Waals surface area contributed by atoms with Crippen molar-refractivity contribution in [2.24, 2.45) is 0 Å². The highest BCUT2D eigenvalue weighted by molar-refractivity contribution is 7.99. The molecule has 1 atom stereocenters. The minimum absolute atomic E-state index is 0.311. The van der Waals surface area contributed by atoms with Crippen LogP contribution in [0.15, 0.2) is 53.4 Å². The van der Waals surface area contributed by atoms with Crippen LogP contribution in [0.3, 0.4) is 0 Å². The van der Waals surface area contributed by atoms with Gasteiger partial charge in [-0.15, -0.1) is 11.8 Å². The lowest BCUT2D eigenvalue weighted by atomic mass is 10.1. The fourth-order valence-electron chi connectivity index (χ4n) is 2.81. The normalized spacial score (nSPS) is 12.4. The number of nitrogens with one attached hydrogen (secondary N) is 1. The molecule has 5 nitrogen and oxygen atoms in total. The van der Waals surface area contributed by atoms with Crippen LogP contribution < -0.4 is 9.62 Å². The molecule has 0 radical (unpaired) electrons. The fraction of sp³-hybridized carbons (Fsp3) is 0.381. The second-order valence-electron chi connectivity index (χ2n) is 6.71. The number of thioether (sulfide) groups is 1. The highest BCUT2D eigenvalue weighted by atomic mass is 32.2. The molecule has 2 aromatic rings. The molecule has 2 aromatic carbocycles. The van der Waals surface area contributed by atoms with Gasteiger partial charge in [0.2, 0.25) is 15.9 Å². The van der Waals surface area contributed by atoms with Gasteiger partial charge in [-0.3, -0.25) is 9.10 Å². The molecule has 0 saturated heterocycles. The Kier molecular flexibility index (Phi) is 7.95. The molecule has 0 aliphatic rings. The molecule has 0 aliphatic heterocycles. The lowest BCUT2D eigenvalue weighted by Crippen LogP contribution is -2.48. The Hall–Kier alpha value is -1.99. The van der Waals surface area contributed by atoms with Crippen LogP contribution in [0.4, 0.5) is 5.69 Å². The van der Waals surface area contributed by atoms with Gasteiger partial charge in [-0.25, -0.2) is 8.42 Å². The molecule has 0 heterocycles. The van der Waals surface area contributed by atoms with Crippen molar-refractivity contribution in [1.82, 2.24) is 5.32 Å². The molecule has 0 spiro atoms. The van der Waals surface area contributed by atoms with E-state index in [1.165, 1.54) is 9.87 Å². The van der Waals surface area contributed by atoms with Crippen LogP contribution in [-0.2, 0) is 21.2 Å². The summed E-state index contributed by atoms with van der Waals surface area (Å²) in [6.07, 6.45) is 1.99. The Morgan fingerprint density at radius 3 is 2.25 bits per heavy atom. The highest BCUT2D eigenvalue weighted by Gasteiger charge is 2.28. The summed E-state index contributed by atoms with van der Waals surface area (Å²) in [5.41, 5.74) is 2.82. The molecule has 28 heavy (non-hydrogen) atoms. The Labute approximate surface area is 172 Å². The third-order valence-corrected chi connectivity index (χ3v) is 6.63. The summed E-state index contributed by atoms with van der Waals surface area (Å²) in [5, 5.41) is 2.84. The molecule has 2 rings (SSSR count). The molecule has 0 fully saturated rings. The van der Waals surface area contributed by atoms with Gasteiger partial charge < -0.3 is 5.32 Å². The third-order valence-electron chi connectivity index (χ3n) is 4.38. The molecule has 0 aliphatic carbocycles. The molecule has 0 unspecified atom stereocenters. The van der Waals surface area contributed by atoms with Gasteiger partial charge in [0.1, 0.15) is 6.04 Å². The number of amides is 1. The zero-order valence-corrected chi connectivity index (χ0v) is 18.4. The number of nitrogens with zero attached hydrogens (tertiary/aromatic N) is 1. The van der Waals surface area contributed by atoms with Crippen molar-refractivity contribution < 1.29 is 13.2 Å². The first-order valence-corrected chi connectivity index (χ1v) is 12.1. The number of carbonyl (C=O) groups excluding carboxylic acids is 1. The third kappa shape index (κ3) is 6.27. The number of sulfonamides is 1. The first kappa shape index (κ1) is 22.3. The fourth-order valence-corrected chi connectivity index (χ4v) is 4.76. The van der Waals surface area contributed by atoms with E-state index >= 15 is 0 Å². The van der Waals surface area contributed by atoms with Crippen molar-refractivity contribution in [3.63, 3.8) is 0 Å². The maximum absolute atomic E-state index is 12.6. The molecule has 1 amide bonds. The molecule has 0 saturated carbocycles. The second-order valence-corrected chi connectivity index (χ2v) is 9.74. The maximum Gasteiger partial charge on any atom is 0.243 e. The number of hydrogen-bond acceptors (Lipinski definition) is 4. The Balaban J connectivity index is 1.97. The smallest absolute Gasteiger partial charge is 0.243 e. The summed E-state index contributed by atoms with van der Waals surface area (Å²) in [5.74, 6) is 0.403. The van der Waals surface area contributed by atoms with Crippen molar-refractivity contribution in [2.45, 2.75) is 38.1 Å². The number of rotatable bonds is 9. The van der Waals surface area contributed by atoms with E-state index in [-0.39, 0.29) is 5.91 Å². The van der Waals surface area contributed by atoms with Gasteiger partial charge in [-0.2, -0.15) is 0 Å². The van der Waals surface area contributed by atoms with Crippen molar-refractivity contribution in [3.05, 3.63) is 59.7 Å². The standard InChI is InChI=1S/C21H28N2O3S2/c1-5-18-8-10-19(11-9-18)23(28(4,25)26)17(3)21(24)22-14-15-27-20-12-6-16(2)7-13-20/h6-13,17H,5,14-15H2,1-4H3,(H,22,24)/t17-/m0/s1. The Bertz CT molecular complexity index is 879. The largest absolute Gasteiger partial charge is 0.353 e. The summed E-state index contributed by atoms with van der Waals surface area (Å²) in [6.45, 7) is 6.15. The van der Waals surface area contributed by atoms with Gasteiger partial charge in [0, 0.05) is 17.2 Å². The zero-order valence-electron chi connectivity index (χ0n) is 16.8. The first-order valence-electron chi connectivity index (χ1n) is 9.28. The maximum atomic E-state index is 12.6. The summed E-state index contributed by atoms with van der Waals surface area (Å²) < 4.78 is 25.8. The summed E-state index contributed by atoms with van der Waals surface area (Å²) in [6, 6.07) is 14.6. The summed E-state index contributed by atoms with van der Waals surface area (Å²) >= 11 is 1.65. The quantitative estimate of drug-likeness (QED) is 0.497. The van der Waals surface area contributed by atoms with E-state index in [1.54, 1.807) is 30.8 Å². The number of carbonyl (C=O) groups is 1. The van der Waals surface area contributed by atoms with E-state index in [1.807, 2.05) is 26.0 Å². The predicted molar refractivity (Wildman–Crippen MR) is 118 cm³/mol. The summed E-state index contributed by atoms with van der Waals surface area (Å²) in [4.78, 5) is 13.7. The van der Waals surface area contributed by atoms with Gasteiger partial charge in [-0.1, -0.05) is 36.8 Å². The average Bonchev–Trinajstić information content (AvgIpc) is 2.66. The van der Waals surface area contributed by atoms with E-state index in [0.29, 0.717) is 18.0 Å². The molecule has 0 aromatic heterocycles. The van der Waals surface area contributed by atoms with E-state index in [2.05, 4.69) is 29.6 Å². The minimum Gasteiger partial charge on any atom is -0.353 e. The monoisotopic (exact) mass is 420 g/mol. The van der Waals surface area contributed by atoms with Gasteiger partial charge >= 0.3 is 0 Å². The van der Waals surface area contributed by atoms with Crippen LogP contribution in [0.25, 0.3) is 0 Å². The Morgan fingerprint density at radius 1 is 1.11 bits per heavy atom. The minimum atomic E-state index is -3.59. The van der Waals surface area contributed by atoms with Crippen molar-refractivity contribution in [1.29, 1.82) is 0 Å². The van der Waals surface area contributed by atoms with Crippen molar-refractivity contribution in [2.75, 3.05) is 22.9 Å². The van der Waals surface area contributed by atoms with Crippen molar-refractivity contribution >= 4 is 33.4 Å².